The van der Waals surface area contributed by atoms with Crippen molar-refractivity contribution < 1.29 is 52.7 Å². The number of hydrogen-bond acceptors (Lipinski definition) is 24. The predicted octanol–water partition coefficient (Wildman–Crippen LogP) is 21.4. The van der Waals surface area contributed by atoms with Crippen LogP contribution in [-0.4, -0.2) is 149 Å². The highest BCUT2D eigenvalue weighted by molar-refractivity contribution is 9.12. The summed E-state index contributed by atoms with van der Waals surface area (Å²) in [6, 6.07) is 34.1. The number of nitrogens with zero attached hydrogens (tertiary/aromatic N) is 13. The van der Waals surface area contributed by atoms with Crippen LogP contribution < -0.4 is 31.6 Å². The fourth-order valence-electron chi connectivity index (χ4n) is 11.4. The third-order valence-electron chi connectivity index (χ3n) is 18.7. The number of allylic oxidation sites excluding steroid dienone is 2. The minimum Gasteiger partial charge on any atom is -0.475 e. The number of alkyl halides is 1. The van der Waals surface area contributed by atoms with Gasteiger partial charge in [-0.1, -0.05) is 41.5 Å². The largest absolute Gasteiger partial charge is 0.488 e. The van der Waals surface area contributed by atoms with Gasteiger partial charge in [-0.25, -0.2) is 9.97 Å². The first-order valence-corrected chi connectivity index (χ1v) is 44.5. The van der Waals surface area contributed by atoms with Crippen molar-refractivity contribution in [1.29, 1.82) is 0 Å². The van der Waals surface area contributed by atoms with Crippen LogP contribution in [0.4, 0.5) is 22.7 Å². The summed E-state index contributed by atoms with van der Waals surface area (Å²) in [6.45, 7) is 40.9. The molecule has 4 aliphatic heterocycles. The number of nitro benzene ring substituents is 3. The van der Waals surface area contributed by atoms with Crippen molar-refractivity contribution in [1.82, 2.24) is 54.2 Å². The molecule has 15 rings (SSSR count). The van der Waals surface area contributed by atoms with Crippen LogP contribution in [0.2, 0.25) is 0 Å². The zero-order chi connectivity index (χ0) is 95.8. The Kier molecular flexibility index (Phi) is 46.2. The number of nitrogen functional groups attached to an aromatic ring is 1. The van der Waals surface area contributed by atoms with E-state index in [0.717, 1.165) is 86.9 Å². The number of aromatic nitrogens is 10. The lowest BCUT2D eigenvalue weighted by Crippen LogP contribution is -2.41. The van der Waals surface area contributed by atoms with Crippen LogP contribution in [0.1, 0.15) is 169 Å². The first-order chi connectivity index (χ1) is 59.7. The SMILES string of the molecule is C.CC.CC(C)OC1C=CC(Br)=CN1.CC(C)Oc1ccc(-c2nn(C)c3ccc(N)cc23)cn1.CC(C)Oc1ccc(-c2nn(C)c3ccc([N+](=O)[O-])cc23)cn1.CC(C)n1cc(Br)ccc1=O.CC1(C)OB(B2OC(C)(C)C(C)(C)O2)OC1(C)C.CCC.CCl.CO.Cn1nc(Br)c2cc([N+](=O)[O-])ccc21.O=[N+]([O-])c1ccc2c(c1)C=NC2.O=c1ccc(Br)c[nH]1. The molecule has 0 bridgehead atoms. The van der Waals surface area contributed by atoms with Gasteiger partial charge in [-0.05, 0) is 253 Å². The standard InChI is InChI=1S/C16H16N4O3.C16H18N4O.C12H24B2O4.C8H6BrN3O2.C8H12BrNO.C8H10BrNO.C8H6N2O2.C5H4BrNO.C3H8.C2H6.CH3Cl.CH4O.CH4/c1-10(2)23-15-7-4-11(9-17-15)16-13-8-12(20(21)22)5-6-14(13)19(3)18-16;1-10(2)21-15-7-4-11(9-18-15)16-13-8-12(17)5-6-14(13)20(3)19-16;1-9(2)10(3,4)16-13(15-9)14-17-11(5,6)12(7,8)18-14;1-11-7-3-2-5(12(13)14)4-6(7)8(9)10-11;1-6(2)11-8-4-3-7(9)5-10-8;1-6(2)10-5-7(9)3-4-8(10)11;11-10(12)8-2-1-6-4-9-5-7(6)3-8;6-4-1-2-5(8)7-3-4;1-3-2;3*1-2;/h4-10H,1-3H3;4-10H,17H2,1-3H3;1-8H3;2-4H,1H3;3-6,8,10H,1-2H3;3-6H,1-2H3;1-3,5H,4H2;1-3H,(H,7,8);3H2,1-2H3;1-2H3;1H3;2H,1H3;1H4. The Hall–Kier alpha value is -9.86. The van der Waals surface area contributed by atoms with Crippen molar-refractivity contribution >= 4 is 151 Å². The number of H-pyrrole nitrogens is 1. The third kappa shape index (κ3) is 33.3. The summed E-state index contributed by atoms with van der Waals surface area (Å²) in [5.74, 6) is 1.16. The number of nitrogens with two attached hydrogens (primary N) is 1. The Bertz CT molecular complexity index is 5520. The average molecular weight is 2050 g/mol. The molecule has 4 aromatic carbocycles. The normalized spacial score (nSPS) is 14.5. The Balaban J connectivity index is 0.000000378. The number of dihydropyridines is 1. The van der Waals surface area contributed by atoms with Crippen LogP contribution in [0.5, 0.6) is 11.8 Å². The van der Waals surface area contributed by atoms with E-state index in [-0.39, 0.29) is 88.6 Å². The van der Waals surface area contributed by atoms with E-state index in [1.165, 1.54) is 49.2 Å². The minimum absolute atomic E-state index is 0. The van der Waals surface area contributed by atoms with Gasteiger partial charge in [-0.3, -0.25) is 59.0 Å². The van der Waals surface area contributed by atoms with E-state index < -0.39 is 28.8 Å². The molecule has 2 fully saturated rings. The molecule has 1 atom stereocenters. The highest BCUT2D eigenvalue weighted by Gasteiger charge is 2.64. The molecule has 1 unspecified atom stereocenters. The number of fused-ring (bicyclic) bond motifs is 4. The Labute approximate surface area is 788 Å². The number of aryl methyl sites for hydroxylation is 3. The maximum Gasteiger partial charge on any atom is 0.488 e. The summed E-state index contributed by atoms with van der Waals surface area (Å²) in [5, 5.41) is 57.6. The average Bonchev–Trinajstić information content (AvgIpc) is 1.60. The summed E-state index contributed by atoms with van der Waals surface area (Å²) in [6.07, 6.45) is 17.5. The van der Waals surface area contributed by atoms with E-state index in [1.807, 2.05) is 191 Å². The lowest BCUT2D eigenvalue weighted by molar-refractivity contribution is -0.385. The second-order valence-corrected chi connectivity index (χ2v) is 34.4. The summed E-state index contributed by atoms with van der Waals surface area (Å²) in [5.41, 5.74) is 13.3. The third-order valence-corrected chi connectivity index (χ3v) is 20.7. The summed E-state index contributed by atoms with van der Waals surface area (Å²) in [4.78, 5) is 67.3. The molecule has 128 heavy (non-hydrogen) atoms. The number of aromatic amines is 1. The van der Waals surface area contributed by atoms with Crippen LogP contribution in [0.25, 0.3) is 55.2 Å². The van der Waals surface area contributed by atoms with E-state index in [1.54, 1.807) is 108 Å². The number of nitro groups is 3. The number of anilines is 1. The molecule has 0 radical (unpaired) electrons. The first-order valence-electron chi connectivity index (χ1n) is 40.6. The topological polar surface area (TPSA) is 399 Å². The molecular weight excluding hydrogens is 1930 g/mol. The fraction of sp³-hybridized carbons (Fsp3) is 0.416. The fourth-order valence-corrected chi connectivity index (χ4v) is 12.8. The van der Waals surface area contributed by atoms with E-state index >= 15 is 0 Å². The van der Waals surface area contributed by atoms with E-state index in [2.05, 4.69) is 130 Å². The maximum absolute atomic E-state index is 11.2. The summed E-state index contributed by atoms with van der Waals surface area (Å²) < 4.78 is 50.8. The number of benzene rings is 4. The lowest BCUT2D eigenvalue weighted by atomic mass is 9.49. The summed E-state index contributed by atoms with van der Waals surface area (Å²) >= 11 is 17.7. The molecule has 0 saturated carbocycles. The summed E-state index contributed by atoms with van der Waals surface area (Å²) in [7, 11) is 5.57. The second-order valence-electron chi connectivity index (χ2n) is 30.9. The molecule has 11 aromatic rings. The van der Waals surface area contributed by atoms with Gasteiger partial charge in [0.2, 0.25) is 17.3 Å². The van der Waals surface area contributed by atoms with Gasteiger partial charge in [-0.2, -0.15) is 15.3 Å². The van der Waals surface area contributed by atoms with Crippen molar-refractivity contribution in [2.75, 3.05) is 19.2 Å². The maximum atomic E-state index is 11.2. The number of aliphatic imine (C=N–C) groups is 1. The number of nitrogens with one attached hydrogen (secondary N) is 2. The molecular formula is C89H121B2Br4ClN16O16. The Morgan fingerprint density at radius 3 is 1.40 bits per heavy atom. The second kappa shape index (κ2) is 52.7. The molecule has 0 amide bonds. The van der Waals surface area contributed by atoms with Crippen molar-refractivity contribution in [3.63, 3.8) is 0 Å². The number of hydrogen-bond donors (Lipinski definition) is 4. The minimum atomic E-state index is -0.476. The van der Waals surface area contributed by atoms with E-state index in [4.69, 9.17) is 43.7 Å². The van der Waals surface area contributed by atoms with Gasteiger partial charge in [0.1, 0.15) is 22.2 Å². The van der Waals surface area contributed by atoms with Gasteiger partial charge in [0, 0.05) is 191 Å². The molecule has 32 nitrogen and oxygen atoms in total. The van der Waals surface area contributed by atoms with Crippen LogP contribution in [0.3, 0.4) is 0 Å². The molecule has 0 spiro atoms. The molecule has 11 heterocycles. The first kappa shape index (κ1) is 112. The predicted molar refractivity (Wildman–Crippen MR) is 529 cm³/mol. The number of pyridine rings is 4. The molecule has 7 aromatic heterocycles. The lowest BCUT2D eigenvalue weighted by Gasteiger charge is -2.32. The quantitative estimate of drug-likeness (QED) is 0.0274. The monoisotopic (exact) mass is 2040 g/mol. The van der Waals surface area contributed by atoms with Gasteiger partial charge < -0.3 is 58.5 Å². The van der Waals surface area contributed by atoms with E-state index in [0.29, 0.717) is 28.6 Å². The Morgan fingerprint density at radius 2 is 1.01 bits per heavy atom. The number of ether oxygens (including phenoxy) is 3. The zero-order valence-corrected chi connectivity index (χ0v) is 83.6. The van der Waals surface area contributed by atoms with Crippen LogP contribution in [0, 0.1) is 30.3 Å². The molecule has 2 saturated heterocycles. The number of rotatable bonds is 13. The molecule has 5 N–H and O–H groups in total. The molecule has 694 valence electrons. The van der Waals surface area contributed by atoms with Crippen LogP contribution >= 0.6 is 75.3 Å². The number of aliphatic hydroxyl groups is 1. The molecule has 4 aliphatic rings. The highest BCUT2D eigenvalue weighted by atomic mass is 79.9. The van der Waals surface area contributed by atoms with Gasteiger partial charge >= 0.3 is 14.0 Å². The molecule has 39 heteroatoms. The van der Waals surface area contributed by atoms with Gasteiger partial charge in [-0.15, -0.1) is 11.6 Å². The number of non-ortho nitro benzene ring substituents is 3. The van der Waals surface area contributed by atoms with Crippen molar-refractivity contribution in [3.8, 4) is 34.3 Å². The van der Waals surface area contributed by atoms with E-state index in [9.17, 15) is 39.9 Å². The zero-order valence-electron chi connectivity index (χ0n) is 76.5. The highest BCUT2D eigenvalue weighted by Crippen LogP contribution is 2.43. The Morgan fingerprint density at radius 1 is 0.586 bits per heavy atom. The van der Waals surface area contributed by atoms with Crippen molar-refractivity contribution in [3.05, 3.63) is 245 Å². The van der Waals surface area contributed by atoms with Crippen molar-refractivity contribution in [2.24, 2.45) is 26.1 Å². The van der Waals surface area contributed by atoms with Gasteiger partial charge in [0.05, 0.1) is 78.6 Å². The number of halogens is 5. The molecule has 0 aliphatic carbocycles. The smallest absolute Gasteiger partial charge is 0.475 e. The van der Waals surface area contributed by atoms with Crippen molar-refractivity contribution in [2.45, 2.75) is 212 Å². The van der Waals surface area contributed by atoms with Crippen LogP contribution in [-0.2, 0) is 51.0 Å². The van der Waals surface area contributed by atoms with Gasteiger partial charge in [0.25, 0.3) is 22.6 Å². The number of aliphatic hydroxyl groups excluding tert-OH is 1. The van der Waals surface area contributed by atoms with Crippen LogP contribution in [0.15, 0.2) is 197 Å². The van der Waals surface area contributed by atoms with Gasteiger partial charge in [0.15, 0.2) is 0 Å².